The highest BCUT2D eigenvalue weighted by Crippen LogP contribution is 2.43. The first-order chi connectivity index (χ1) is 14.5. The van der Waals surface area contributed by atoms with Crippen LogP contribution in [-0.4, -0.2) is 51.8 Å². The SMILES string of the molecule is O=C(O)NC1CCN(C(=O)C(c2cccc3ccccc23)C2(O)CCCCC2)CC1. The molecule has 30 heavy (non-hydrogen) atoms. The van der Waals surface area contributed by atoms with Crippen molar-refractivity contribution in [2.24, 2.45) is 0 Å². The number of nitrogens with one attached hydrogen (secondary N) is 1. The lowest BCUT2D eigenvalue weighted by atomic mass is 9.71. The lowest BCUT2D eigenvalue weighted by molar-refractivity contribution is -0.142. The van der Waals surface area contributed by atoms with Crippen LogP contribution in [0.3, 0.4) is 0 Å². The number of rotatable bonds is 4. The highest BCUT2D eigenvalue weighted by Gasteiger charge is 2.45. The summed E-state index contributed by atoms with van der Waals surface area (Å²) < 4.78 is 0. The summed E-state index contributed by atoms with van der Waals surface area (Å²) in [4.78, 5) is 26.5. The molecule has 6 nitrogen and oxygen atoms in total. The molecule has 4 rings (SSSR count). The van der Waals surface area contributed by atoms with Crippen LogP contribution in [-0.2, 0) is 4.79 Å². The first-order valence-electron chi connectivity index (χ1n) is 11.0. The molecule has 0 bridgehead atoms. The maximum Gasteiger partial charge on any atom is 0.404 e. The maximum absolute atomic E-state index is 13.8. The Hall–Kier alpha value is -2.60. The number of hydrogen-bond donors (Lipinski definition) is 3. The second-order valence-corrected chi connectivity index (χ2v) is 8.71. The van der Waals surface area contributed by atoms with Gasteiger partial charge in [0.05, 0.1) is 11.5 Å². The van der Waals surface area contributed by atoms with Crippen molar-refractivity contribution in [2.45, 2.75) is 62.5 Å². The van der Waals surface area contributed by atoms with Gasteiger partial charge in [-0.15, -0.1) is 0 Å². The Kier molecular flexibility index (Phi) is 5.95. The average Bonchev–Trinajstić information content (AvgIpc) is 2.74. The van der Waals surface area contributed by atoms with Gasteiger partial charge in [0.25, 0.3) is 0 Å². The van der Waals surface area contributed by atoms with Gasteiger partial charge in [0.15, 0.2) is 0 Å². The van der Waals surface area contributed by atoms with E-state index < -0.39 is 17.6 Å². The molecular formula is C24H30N2O4. The number of likely N-dealkylation sites (tertiary alicyclic amines) is 1. The van der Waals surface area contributed by atoms with Gasteiger partial charge in [-0.3, -0.25) is 4.79 Å². The van der Waals surface area contributed by atoms with Crippen molar-refractivity contribution < 1.29 is 19.8 Å². The fourth-order valence-electron chi connectivity index (χ4n) is 5.21. The predicted molar refractivity (Wildman–Crippen MR) is 115 cm³/mol. The van der Waals surface area contributed by atoms with E-state index in [1.807, 2.05) is 47.4 Å². The minimum absolute atomic E-state index is 0.0375. The van der Waals surface area contributed by atoms with E-state index in [2.05, 4.69) is 5.32 Å². The van der Waals surface area contributed by atoms with Crippen molar-refractivity contribution in [3.63, 3.8) is 0 Å². The van der Waals surface area contributed by atoms with Crippen molar-refractivity contribution in [2.75, 3.05) is 13.1 Å². The Balaban J connectivity index is 1.66. The molecule has 1 unspecified atom stereocenters. The number of piperidine rings is 1. The average molecular weight is 411 g/mol. The van der Waals surface area contributed by atoms with Crippen LogP contribution in [0.25, 0.3) is 10.8 Å². The molecule has 2 fully saturated rings. The van der Waals surface area contributed by atoms with E-state index in [1.165, 1.54) is 0 Å². The second kappa shape index (κ2) is 8.64. The molecule has 1 saturated heterocycles. The molecule has 0 spiro atoms. The maximum atomic E-state index is 13.8. The van der Waals surface area contributed by atoms with E-state index in [9.17, 15) is 14.7 Å². The van der Waals surface area contributed by atoms with Gasteiger partial charge in [0, 0.05) is 19.1 Å². The highest BCUT2D eigenvalue weighted by molar-refractivity contribution is 5.94. The number of aliphatic hydroxyl groups is 1. The fraction of sp³-hybridized carbons (Fsp3) is 0.500. The summed E-state index contributed by atoms with van der Waals surface area (Å²) in [6.45, 7) is 1.00. The van der Waals surface area contributed by atoms with E-state index in [1.54, 1.807) is 0 Å². The summed E-state index contributed by atoms with van der Waals surface area (Å²) in [5.41, 5.74) is -0.149. The van der Waals surface area contributed by atoms with Crippen LogP contribution in [0.5, 0.6) is 0 Å². The van der Waals surface area contributed by atoms with E-state index >= 15 is 0 Å². The summed E-state index contributed by atoms with van der Waals surface area (Å²) in [6, 6.07) is 13.9. The van der Waals surface area contributed by atoms with Crippen LogP contribution >= 0.6 is 0 Å². The third-order valence-electron chi connectivity index (χ3n) is 6.77. The molecule has 3 N–H and O–H groups in total. The van der Waals surface area contributed by atoms with Crippen molar-refractivity contribution in [3.05, 3.63) is 48.0 Å². The Morgan fingerprint density at radius 2 is 1.67 bits per heavy atom. The van der Waals surface area contributed by atoms with Gasteiger partial charge in [0.2, 0.25) is 5.91 Å². The number of amides is 2. The molecule has 2 amide bonds. The molecule has 1 aliphatic carbocycles. The number of benzene rings is 2. The van der Waals surface area contributed by atoms with Gasteiger partial charge >= 0.3 is 6.09 Å². The van der Waals surface area contributed by atoms with Crippen molar-refractivity contribution in [3.8, 4) is 0 Å². The minimum atomic E-state index is -1.05. The summed E-state index contributed by atoms with van der Waals surface area (Å²) in [5, 5.41) is 25.2. The van der Waals surface area contributed by atoms with E-state index in [4.69, 9.17) is 5.11 Å². The monoisotopic (exact) mass is 410 g/mol. The van der Waals surface area contributed by atoms with E-state index in [-0.39, 0.29) is 11.9 Å². The lowest BCUT2D eigenvalue weighted by Crippen LogP contribution is -2.52. The highest BCUT2D eigenvalue weighted by atomic mass is 16.4. The van der Waals surface area contributed by atoms with Crippen molar-refractivity contribution in [1.29, 1.82) is 0 Å². The number of fused-ring (bicyclic) bond motifs is 1. The van der Waals surface area contributed by atoms with Crippen molar-refractivity contribution in [1.82, 2.24) is 10.2 Å². The Bertz CT molecular complexity index is 909. The molecule has 1 aliphatic heterocycles. The third kappa shape index (κ3) is 4.15. The molecule has 2 aromatic rings. The first-order valence-corrected chi connectivity index (χ1v) is 11.0. The Morgan fingerprint density at radius 1 is 1.00 bits per heavy atom. The summed E-state index contributed by atoms with van der Waals surface area (Å²) in [7, 11) is 0. The molecular weight excluding hydrogens is 380 g/mol. The topological polar surface area (TPSA) is 89.9 Å². The zero-order valence-electron chi connectivity index (χ0n) is 17.2. The van der Waals surface area contributed by atoms with E-state index in [0.29, 0.717) is 38.8 Å². The Morgan fingerprint density at radius 3 is 2.37 bits per heavy atom. The van der Waals surface area contributed by atoms with Crippen molar-refractivity contribution >= 4 is 22.8 Å². The largest absolute Gasteiger partial charge is 0.465 e. The van der Waals surface area contributed by atoms with Gasteiger partial charge in [0.1, 0.15) is 0 Å². The zero-order chi connectivity index (χ0) is 21.1. The molecule has 2 aliphatic rings. The number of hydrogen-bond acceptors (Lipinski definition) is 3. The van der Waals surface area contributed by atoms with Gasteiger partial charge in [-0.1, -0.05) is 61.7 Å². The van der Waals surface area contributed by atoms with E-state index in [0.717, 1.165) is 35.6 Å². The van der Waals surface area contributed by atoms with Crippen LogP contribution < -0.4 is 5.32 Å². The van der Waals surface area contributed by atoms with Gasteiger partial charge in [-0.05, 0) is 42.0 Å². The second-order valence-electron chi connectivity index (χ2n) is 8.71. The van der Waals surface area contributed by atoms with Crippen LogP contribution in [0.1, 0.15) is 56.4 Å². The molecule has 1 heterocycles. The molecule has 6 heteroatoms. The lowest BCUT2D eigenvalue weighted by Gasteiger charge is -2.42. The smallest absolute Gasteiger partial charge is 0.404 e. The summed E-state index contributed by atoms with van der Waals surface area (Å²) in [6.07, 6.45) is 4.37. The van der Waals surface area contributed by atoms with Gasteiger partial charge in [-0.25, -0.2) is 4.79 Å². The number of carbonyl (C=O) groups excluding carboxylic acids is 1. The minimum Gasteiger partial charge on any atom is -0.465 e. The molecule has 0 radical (unpaired) electrons. The van der Waals surface area contributed by atoms with Gasteiger partial charge < -0.3 is 20.4 Å². The summed E-state index contributed by atoms with van der Waals surface area (Å²) in [5.74, 6) is -0.641. The number of carboxylic acid groups (broad SMARTS) is 1. The Labute approximate surface area is 176 Å². The van der Waals surface area contributed by atoms with Crippen LogP contribution in [0.2, 0.25) is 0 Å². The van der Waals surface area contributed by atoms with Crippen LogP contribution in [0, 0.1) is 0 Å². The molecule has 1 saturated carbocycles. The molecule has 2 aromatic carbocycles. The zero-order valence-corrected chi connectivity index (χ0v) is 17.2. The molecule has 1 atom stereocenters. The summed E-state index contributed by atoms with van der Waals surface area (Å²) >= 11 is 0. The quantitative estimate of drug-likeness (QED) is 0.714. The first kappa shape index (κ1) is 20.7. The van der Waals surface area contributed by atoms with Gasteiger partial charge in [-0.2, -0.15) is 0 Å². The number of nitrogens with zero attached hydrogens (tertiary/aromatic N) is 1. The number of carbonyl (C=O) groups is 2. The molecule has 0 aromatic heterocycles. The fourth-order valence-corrected chi connectivity index (χ4v) is 5.21. The van der Waals surface area contributed by atoms with Crippen LogP contribution in [0.4, 0.5) is 4.79 Å². The normalized spacial score (nSPS) is 20.6. The predicted octanol–water partition coefficient (Wildman–Crippen LogP) is 3.88. The molecule has 160 valence electrons. The third-order valence-corrected chi connectivity index (χ3v) is 6.77. The van der Waals surface area contributed by atoms with Crippen LogP contribution in [0.15, 0.2) is 42.5 Å². The standard InChI is InChI=1S/C24H30N2O4/c27-22(26-15-11-18(12-16-26)25-23(28)29)21(24(30)13-4-1-5-14-24)20-10-6-8-17-7-2-3-9-19(17)20/h2-3,6-10,18,21,25,30H,1,4-5,11-16H2,(H,28,29).